The van der Waals surface area contributed by atoms with Crippen LogP contribution in [0, 0.1) is 0 Å². The van der Waals surface area contributed by atoms with E-state index in [1.165, 1.54) is 11.1 Å². The summed E-state index contributed by atoms with van der Waals surface area (Å²) in [5.41, 5.74) is 4.12. The Morgan fingerprint density at radius 2 is 1.84 bits per heavy atom. The summed E-state index contributed by atoms with van der Waals surface area (Å²) in [6, 6.07) is 12.4. The first-order chi connectivity index (χ1) is 14.8. The van der Waals surface area contributed by atoms with E-state index in [1.807, 2.05) is 43.3 Å². The number of fused-ring (bicyclic) bond motifs is 2. The minimum absolute atomic E-state index is 0.0174. The number of nitrogens with one attached hydrogen (secondary N) is 1. The lowest BCUT2D eigenvalue weighted by atomic mass is 9.89. The van der Waals surface area contributed by atoms with Gasteiger partial charge in [0.1, 0.15) is 11.6 Å². The molecule has 0 saturated carbocycles. The number of anilines is 1. The van der Waals surface area contributed by atoms with Gasteiger partial charge in [-0.25, -0.2) is 9.69 Å². The molecule has 2 aromatic carbocycles. The first kappa shape index (κ1) is 19.8. The molecule has 31 heavy (non-hydrogen) atoms. The first-order valence-corrected chi connectivity index (χ1v) is 11.0. The minimum Gasteiger partial charge on any atom is -0.319 e. The Kier molecular flexibility index (Phi) is 4.43. The van der Waals surface area contributed by atoms with Gasteiger partial charge in [0, 0.05) is 11.7 Å². The van der Waals surface area contributed by atoms with Crippen LogP contribution in [0.15, 0.2) is 42.5 Å². The Bertz CT molecular complexity index is 1110. The van der Waals surface area contributed by atoms with E-state index in [0.29, 0.717) is 0 Å². The normalized spacial score (nSPS) is 25.5. The fraction of sp³-hybridized carbons (Fsp3) is 0.400. The molecule has 0 aromatic heterocycles. The van der Waals surface area contributed by atoms with Crippen LogP contribution in [-0.2, 0) is 34.4 Å². The number of carbonyl (C=O) groups excluding carboxylic acids is 3. The summed E-state index contributed by atoms with van der Waals surface area (Å²) >= 11 is 0. The molecule has 3 atom stereocenters. The van der Waals surface area contributed by atoms with Gasteiger partial charge in [-0.15, -0.1) is 0 Å². The number of hydrogen-bond donors (Lipinski definition) is 1. The monoisotopic (exact) mass is 417 g/mol. The van der Waals surface area contributed by atoms with Crippen LogP contribution in [0.1, 0.15) is 49.4 Å². The highest BCUT2D eigenvalue weighted by Gasteiger charge is 2.53. The average molecular weight is 418 g/mol. The summed E-state index contributed by atoms with van der Waals surface area (Å²) in [6.07, 6.45) is 3.93. The van der Waals surface area contributed by atoms with Crippen molar-refractivity contribution in [2.24, 2.45) is 0 Å². The predicted octanol–water partition coefficient (Wildman–Crippen LogP) is 3.31. The second kappa shape index (κ2) is 6.94. The SMILES string of the molecule is CC(C(=O)N1c2ccccc2CC1C)N1C(=O)NC(C)(c2ccc3c(c2)CCC3)C1=O. The molecular weight excluding hydrogens is 390 g/mol. The number of nitrogens with zero attached hydrogens (tertiary/aromatic N) is 2. The molecule has 0 bridgehead atoms. The van der Waals surface area contributed by atoms with Crippen LogP contribution in [0.3, 0.4) is 0 Å². The molecule has 1 N–H and O–H groups in total. The van der Waals surface area contributed by atoms with E-state index in [-0.39, 0.29) is 17.9 Å². The Labute approximate surface area is 182 Å². The van der Waals surface area contributed by atoms with Crippen molar-refractivity contribution in [3.63, 3.8) is 0 Å². The summed E-state index contributed by atoms with van der Waals surface area (Å²) in [5, 5.41) is 2.86. The molecule has 1 fully saturated rings. The van der Waals surface area contributed by atoms with Gasteiger partial charge in [-0.3, -0.25) is 9.59 Å². The number of carbonyl (C=O) groups is 3. The molecule has 2 aliphatic heterocycles. The molecule has 6 nitrogen and oxygen atoms in total. The van der Waals surface area contributed by atoms with Crippen LogP contribution in [-0.4, -0.2) is 34.8 Å². The van der Waals surface area contributed by atoms with Crippen molar-refractivity contribution >= 4 is 23.5 Å². The van der Waals surface area contributed by atoms with E-state index in [4.69, 9.17) is 0 Å². The summed E-state index contributed by atoms with van der Waals surface area (Å²) in [7, 11) is 0. The third-order valence-corrected chi connectivity index (χ3v) is 7.09. The highest BCUT2D eigenvalue weighted by molar-refractivity contribution is 6.12. The standard InChI is InChI=1S/C25H27N3O3/c1-15-13-19-7-4-5-10-21(19)27(15)22(29)16(2)28-23(30)25(3,26-24(28)31)20-12-11-17-8-6-9-18(17)14-20/h4-5,7,10-12,14-16H,6,8-9,13H2,1-3H3,(H,26,31). The molecule has 6 heteroatoms. The second-order valence-corrected chi connectivity index (χ2v) is 9.13. The molecule has 3 unspecified atom stereocenters. The number of urea groups is 1. The zero-order valence-corrected chi connectivity index (χ0v) is 18.1. The van der Waals surface area contributed by atoms with E-state index in [9.17, 15) is 14.4 Å². The molecule has 1 aliphatic carbocycles. The van der Waals surface area contributed by atoms with E-state index in [1.54, 1.807) is 18.7 Å². The quantitative estimate of drug-likeness (QED) is 0.779. The Balaban J connectivity index is 1.44. The summed E-state index contributed by atoms with van der Waals surface area (Å²) in [5.74, 6) is -0.615. The fourth-order valence-electron chi connectivity index (χ4n) is 5.30. The molecule has 0 spiro atoms. The maximum Gasteiger partial charge on any atom is 0.326 e. The Hall–Kier alpha value is -3.15. The lowest BCUT2D eigenvalue weighted by molar-refractivity contribution is -0.137. The molecular formula is C25H27N3O3. The van der Waals surface area contributed by atoms with Crippen LogP contribution in [0.25, 0.3) is 0 Å². The molecule has 1 saturated heterocycles. The van der Waals surface area contributed by atoms with Gasteiger partial charge in [0.25, 0.3) is 5.91 Å². The van der Waals surface area contributed by atoms with E-state index >= 15 is 0 Å². The van der Waals surface area contributed by atoms with Gasteiger partial charge in [-0.1, -0.05) is 36.4 Å². The molecule has 5 rings (SSSR count). The minimum atomic E-state index is -1.17. The van der Waals surface area contributed by atoms with Gasteiger partial charge in [0.15, 0.2) is 0 Å². The topological polar surface area (TPSA) is 69.7 Å². The van der Waals surface area contributed by atoms with Gasteiger partial charge < -0.3 is 10.2 Å². The van der Waals surface area contributed by atoms with Crippen LogP contribution in [0.2, 0.25) is 0 Å². The second-order valence-electron chi connectivity index (χ2n) is 9.13. The number of para-hydroxylation sites is 1. The highest BCUT2D eigenvalue weighted by Crippen LogP contribution is 2.36. The Morgan fingerprint density at radius 3 is 2.65 bits per heavy atom. The van der Waals surface area contributed by atoms with Crippen LogP contribution in [0.4, 0.5) is 10.5 Å². The van der Waals surface area contributed by atoms with Crippen molar-refractivity contribution in [1.82, 2.24) is 10.2 Å². The molecule has 160 valence electrons. The molecule has 2 heterocycles. The Morgan fingerprint density at radius 1 is 1.10 bits per heavy atom. The molecule has 0 radical (unpaired) electrons. The van der Waals surface area contributed by atoms with E-state index in [0.717, 1.165) is 47.4 Å². The number of amides is 4. The van der Waals surface area contributed by atoms with Crippen molar-refractivity contribution in [3.05, 3.63) is 64.7 Å². The van der Waals surface area contributed by atoms with Gasteiger partial charge in [0.2, 0.25) is 5.91 Å². The average Bonchev–Trinajstić information content (AvgIpc) is 3.41. The van der Waals surface area contributed by atoms with Gasteiger partial charge in [0.05, 0.1) is 0 Å². The summed E-state index contributed by atoms with van der Waals surface area (Å²) < 4.78 is 0. The largest absolute Gasteiger partial charge is 0.326 e. The van der Waals surface area contributed by atoms with Crippen LogP contribution < -0.4 is 10.2 Å². The summed E-state index contributed by atoms with van der Waals surface area (Å²) in [4.78, 5) is 42.7. The van der Waals surface area contributed by atoms with Crippen LogP contribution in [0.5, 0.6) is 0 Å². The summed E-state index contributed by atoms with van der Waals surface area (Å²) in [6.45, 7) is 5.36. The lowest BCUT2D eigenvalue weighted by Gasteiger charge is -2.30. The van der Waals surface area contributed by atoms with E-state index in [2.05, 4.69) is 11.4 Å². The fourth-order valence-corrected chi connectivity index (χ4v) is 5.30. The van der Waals surface area contributed by atoms with Crippen molar-refractivity contribution in [2.45, 2.75) is 64.1 Å². The third kappa shape index (κ3) is 2.88. The molecule has 4 amide bonds. The smallest absolute Gasteiger partial charge is 0.319 e. The molecule has 3 aliphatic rings. The third-order valence-electron chi connectivity index (χ3n) is 7.09. The molecule has 2 aromatic rings. The van der Waals surface area contributed by atoms with Crippen molar-refractivity contribution in [3.8, 4) is 0 Å². The first-order valence-electron chi connectivity index (χ1n) is 11.0. The number of aryl methyl sites for hydroxylation is 2. The highest BCUT2D eigenvalue weighted by atomic mass is 16.2. The van der Waals surface area contributed by atoms with E-state index < -0.39 is 17.6 Å². The zero-order chi connectivity index (χ0) is 21.9. The van der Waals surface area contributed by atoms with Crippen molar-refractivity contribution in [2.75, 3.05) is 4.90 Å². The van der Waals surface area contributed by atoms with Gasteiger partial charge in [-0.2, -0.15) is 0 Å². The predicted molar refractivity (Wildman–Crippen MR) is 118 cm³/mol. The lowest BCUT2D eigenvalue weighted by Crippen LogP contribution is -2.52. The number of rotatable bonds is 3. The number of hydrogen-bond acceptors (Lipinski definition) is 3. The number of imide groups is 1. The maximum atomic E-state index is 13.5. The van der Waals surface area contributed by atoms with Crippen molar-refractivity contribution < 1.29 is 14.4 Å². The zero-order valence-electron chi connectivity index (χ0n) is 18.1. The van der Waals surface area contributed by atoms with Gasteiger partial charge >= 0.3 is 6.03 Å². The number of benzene rings is 2. The van der Waals surface area contributed by atoms with Crippen molar-refractivity contribution in [1.29, 1.82) is 0 Å². The van der Waals surface area contributed by atoms with Gasteiger partial charge in [-0.05, 0) is 74.8 Å². The maximum absolute atomic E-state index is 13.5. The van der Waals surface area contributed by atoms with Crippen LogP contribution >= 0.6 is 0 Å².